The smallest absolute Gasteiger partial charge is 0.338 e. The van der Waals surface area contributed by atoms with Gasteiger partial charge < -0.3 is 20.5 Å². The van der Waals surface area contributed by atoms with E-state index in [9.17, 15) is 9.59 Å². The Morgan fingerprint density at radius 2 is 2.05 bits per heavy atom. The molecule has 1 atom stereocenters. The van der Waals surface area contributed by atoms with Gasteiger partial charge >= 0.3 is 5.97 Å². The molecule has 0 aliphatic rings. The van der Waals surface area contributed by atoms with Gasteiger partial charge in [-0.25, -0.2) is 4.79 Å². The van der Waals surface area contributed by atoms with Gasteiger partial charge in [-0.2, -0.15) is 0 Å². The van der Waals surface area contributed by atoms with Crippen LogP contribution in [0, 0.1) is 0 Å². The number of anilines is 1. The number of nitrogens with two attached hydrogens (primary N) is 1. The van der Waals surface area contributed by atoms with Crippen molar-refractivity contribution in [2.75, 3.05) is 18.9 Å². The zero-order chi connectivity index (χ0) is 15.8. The third-order valence-electron chi connectivity index (χ3n) is 2.90. The summed E-state index contributed by atoms with van der Waals surface area (Å²) in [4.78, 5) is 23.3. The van der Waals surface area contributed by atoms with Crippen LogP contribution in [-0.2, 0) is 9.53 Å². The number of ether oxygens (including phenoxy) is 2. The van der Waals surface area contributed by atoms with E-state index >= 15 is 0 Å². The fourth-order valence-corrected chi connectivity index (χ4v) is 1.56. The summed E-state index contributed by atoms with van der Waals surface area (Å²) < 4.78 is 10.3. The molecule has 0 aliphatic heterocycles. The maximum atomic E-state index is 11.6. The van der Waals surface area contributed by atoms with Crippen molar-refractivity contribution in [1.29, 1.82) is 0 Å². The van der Waals surface area contributed by atoms with Crippen LogP contribution in [0.15, 0.2) is 18.2 Å². The summed E-state index contributed by atoms with van der Waals surface area (Å²) in [5.41, 5.74) is 6.47. The van der Waals surface area contributed by atoms with Crippen molar-refractivity contribution in [3.8, 4) is 5.75 Å². The monoisotopic (exact) mass is 294 g/mol. The van der Waals surface area contributed by atoms with E-state index in [1.165, 1.54) is 6.07 Å². The van der Waals surface area contributed by atoms with Gasteiger partial charge in [0.05, 0.1) is 17.9 Å². The predicted molar refractivity (Wildman–Crippen MR) is 80.2 cm³/mol. The van der Waals surface area contributed by atoms with E-state index < -0.39 is 5.97 Å². The van der Waals surface area contributed by atoms with E-state index in [1.54, 1.807) is 19.1 Å². The van der Waals surface area contributed by atoms with Crippen molar-refractivity contribution in [2.24, 2.45) is 0 Å². The molecule has 6 nitrogen and oxygen atoms in total. The summed E-state index contributed by atoms with van der Waals surface area (Å²) in [5.74, 6) is -0.392. The van der Waals surface area contributed by atoms with Gasteiger partial charge in [0, 0.05) is 6.04 Å². The van der Waals surface area contributed by atoms with Gasteiger partial charge in [-0.3, -0.25) is 4.79 Å². The molecule has 0 spiro atoms. The minimum absolute atomic E-state index is 0.0873. The number of rotatable bonds is 7. The quantitative estimate of drug-likeness (QED) is 0.590. The Morgan fingerprint density at radius 3 is 2.67 bits per heavy atom. The van der Waals surface area contributed by atoms with Crippen molar-refractivity contribution in [1.82, 2.24) is 5.32 Å². The predicted octanol–water partition coefficient (Wildman–Crippen LogP) is 1.74. The Hall–Kier alpha value is -2.24. The summed E-state index contributed by atoms with van der Waals surface area (Å²) in [6.45, 7) is 5.75. The summed E-state index contributed by atoms with van der Waals surface area (Å²) in [6, 6.07) is 4.67. The third-order valence-corrected chi connectivity index (χ3v) is 2.90. The van der Waals surface area contributed by atoms with Gasteiger partial charge in [-0.15, -0.1) is 0 Å². The van der Waals surface area contributed by atoms with Gasteiger partial charge in [-0.05, 0) is 38.5 Å². The molecule has 0 bridgehead atoms. The Morgan fingerprint density at radius 1 is 1.33 bits per heavy atom. The fourth-order valence-electron chi connectivity index (χ4n) is 1.56. The third kappa shape index (κ3) is 5.33. The van der Waals surface area contributed by atoms with E-state index in [1.807, 2.05) is 13.8 Å². The van der Waals surface area contributed by atoms with Crippen LogP contribution < -0.4 is 15.8 Å². The van der Waals surface area contributed by atoms with Crippen LogP contribution >= 0.6 is 0 Å². The standard InChI is InChI=1S/C15H22N2O4/c1-4-10(3)17-14(18)9-21-13-8-11(6-7-12(13)16)15(19)20-5-2/h6-8,10H,4-5,9,16H2,1-3H3,(H,17,18). The van der Waals surface area contributed by atoms with Crippen molar-refractivity contribution in [3.05, 3.63) is 23.8 Å². The highest BCUT2D eigenvalue weighted by atomic mass is 16.5. The normalized spacial score (nSPS) is 11.6. The van der Waals surface area contributed by atoms with E-state index in [2.05, 4.69) is 5.32 Å². The zero-order valence-electron chi connectivity index (χ0n) is 12.6. The van der Waals surface area contributed by atoms with Crippen LogP contribution in [0.5, 0.6) is 5.75 Å². The first-order valence-electron chi connectivity index (χ1n) is 6.96. The Balaban J connectivity index is 2.68. The summed E-state index contributed by atoms with van der Waals surface area (Å²) >= 11 is 0. The number of amides is 1. The molecule has 116 valence electrons. The number of carbonyl (C=O) groups excluding carboxylic acids is 2. The van der Waals surface area contributed by atoms with Gasteiger partial charge in [0.25, 0.3) is 5.91 Å². The number of hydrogen-bond donors (Lipinski definition) is 2. The number of esters is 1. The molecule has 1 unspecified atom stereocenters. The van der Waals surface area contributed by atoms with E-state index in [4.69, 9.17) is 15.2 Å². The molecule has 1 aromatic rings. The van der Waals surface area contributed by atoms with E-state index in [0.717, 1.165) is 6.42 Å². The minimum atomic E-state index is -0.452. The molecule has 6 heteroatoms. The van der Waals surface area contributed by atoms with Crippen LogP contribution in [0.4, 0.5) is 5.69 Å². The molecule has 3 N–H and O–H groups in total. The van der Waals surface area contributed by atoms with E-state index in [-0.39, 0.29) is 25.2 Å². The molecule has 1 rings (SSSR count). The summed E-state index contributed by atoms with van der Waals surface area (Å²) in [7, 11) is 0. The molecule has 0 saturated heterocycles. The number of nitrogen functional groups attached to an aromatic ring is 1. The number of carbonyl (C=O) groups is 2. The van der Waals surface area contributed by atoms with Crippen LogP contribution in [0.25, 0.3) is 0 Å². The molecular weight excluding hydrogens is 272 g/mol. The highest BCUT2D eigenvalue weighted by Crippen LogP contribution is 2.23. The lowest BCUT2D eigenvalue weighted by molar-refractivity contribution is -0.123. The first-order chi connectivity index (χ1) is 9.97. The number of nitrogens with one attached hydrogen (secondary N) is 1. The van der Waals surface area contributed by atoms with Gasteiger partial charge in [0.2, 0.25) is 0 Å². The van der Waals surface area contributed by atoms with Crippen molar-refractivity contribution < 1.29 is 19.1 Å². The molecule has 0 aliphatic carbocycles. The highest BCUT2D eigenvalue weighted by molar-refractivity contribution is 5.90. The van der Waals surface area contributed by atoms with Crippen LogP contribution in [0.1, 0.15) is 37.6 Å². The lowest BCUT2D eigenvalue weighted by Gasteiger charge is -2.13. The molecule has 0 aromatic heterocycles. The second-order valence-electron chi connectivity index (χ2n) is 4.64. The maximum absolute atomic E-state index is 11.6. The lowest BCUT2D eigenvalue weighted by atomic mass is 10.2. The molecule has 0 fully saturated rings. The second-order valence-corrected chi connectivity index (χ2v) is 4.64. The molecule has 0 radical (unpaired) electrons. The van der Waals surface area contributed by atoms with Gasteiger partial charge in [0.1, 0.15) is 5.75 Å². The Kier molecular flexibility index (Phi) is 6.52. The minimum Gasteiger partial charge on any atom is -0.482 e. The molecule has 21 heavy (non-hydrogen) atoms. The second kappa shape index (κ2) is 8.14. The average Bonchev–Trinajstić information content (AvgIpc) is 2.46. The van der Waals surface area contributed by atoms with Crippen LogP contribution in [0.3, 0.4) is 0 Å². The first kappa shape index (κ1) is 16.8. The fraction of sp³-hybridized carbons (Fsp3) is 0.467. The number of benzene rings is 1. The Labute approximate surface area is 124 Å². The van der Waals surface area contributed by atoms with Crippen molar-refractivity contribution in [3.63, 3.8) is 0 Å². The average molecular weight is 294 g/mol. The van der Waals surface area contributed by atoms with Gasteiger partial charge in [-0.1, -0.05) is 6.92 Å². The topological polar surface area (TPSA) is 90.7 Å². The SMILES string of the molecule is CCOC(=O)c1ccc(N)c(OCC(=O)NC(C)CC)c1. The van der Waals surface area contributed by atoms with Crippen LogP contribution in [0.2, 0.25) is 0 Å². The molecule has 0 saturated carbocycles. The summed E-state index contributed by atoms with van der Waals surface area (Å²) in [6.07, 6.45) is 0.840. The van der Waals surface area contributed by atoms with Gasteiger partial charge in [0.15, 0.2) is 6.61 Å². The molecule has 1 amide bonds. The highest BCUT2D eigenvalue weighted by Gasteiger charge is 2.12. The maximum Gasteiger partial charge on any atom is 0.338 e. The number of hydrogen-bond acceptors (Lipinski definition) is 5. The molecule has 0 heterocycles. The summed E-state index contributed by atoms with van der Waals surface area (Å²) in [5, 5.41) is 2.78. The Bertz CT molecular complexity index is 502. The van der Waals surface area contributed by atoms with Crippen molar-refractivity contribution >= 4 is 17.6 Å². The first-order valence-corrected chi connectivity index (χ1v) is 6.96. The largest absolute Gasteiger partial charge is 0.482 e. The molecule has 1 aromatic carbocycles. The molecular formula is C15H22N2O4. The lowest BCUT2D eigenvalue weighted by Crippen LogP contribution is -2.35. The van der Waals surface area contributed by atoms with Crippen molar-refractivity contribution in [2.45, 2.75) is 33.2 Å². The van der Waals surface area contributed by atoms with E-state index in [0.29, 0.717) is 17.0 Å². The van der Waals surface area contributed by atoms with Crippen LogP contribution in [-0.4, -0.2) is 31.1 Å². The zero-order valence-corrected chi connectivity index (χ0v) is 12.6.